The predicted octanol–water partition coefficient (Wildman–Crippen LogP) is 1.95. The molecule has 2 aliphatic rings. The average molecular weight is 352 g/mol. The van der Waals surface area contributed by atoms with Crippen molar-refractivity contribution in [2.75, 3.05) is 24.5 Å². The Labute approximate surface area is 149 Å². The van der Waals surface area contributed by atoms with E-state index in [1.54, 1.807) is 4.90 Å². The zero-order valence-electron chi connectivity index (χ0n) is 14.3. The lowest BCUT2D eigenvalue weighted by molar-refractivity contribution is -0.132. The standard InChI is InChI=1S/C18H25N3O2.ClH/c1-12-8-13(2)10-15(9-12)21-7-5-16(18(21)23)17(22)20-14-4-3-6-19-11-14;/h8-10,14,16,19H,3-7,11H2,1-2H3,(H,20,22);1H/t14-,16?;/m0./s1. The summed E-state index contributed by atoms with van der Waals surface area (Å²) in [4.78, 5) is 26.9. The molecule has 0 bridgehead atoms. The van der Waals surface area contributed by atoms with Gasteiger partial charge in [0.25, 0.3) is 0 Å². The molecule has 1 unspecified atom stereocenters. The summed E-state index contributed by atoms with van der Waals surface area (Å²) >= 11 is 0. The van der Waals surface area contributed by atoms with Gasteiger partial charge in [-0.15, -0.1) is 12.4 Å². The molecule has 2 fully saturated rings. The van der Waals surface area contributed by atoms with Crippen molar-refractivity contribution >= 4 is 29.9 Å². The molecule has 0 aliphatic carbocycles. The van der Waals surface area contributed by atoms with Crippen LogP contribution in [0.1, 0.15) is 30.4 Å². The molecular weight excluding hydrogens is 326 g/mol. The maximum absolute atomic E-state index is 12.7. The molecule has 0 aromatic heterocycles. The summed E-state index contributed by atoms with van der Waals surface area (Å²) in [6, 6.07) is 6.26. The van der Waals surface area contributed by atoms with Crippen molar-refractivity contribution in [1.29, 1.82) is 0 Å². The van der Waals surface area contributed by atoms with Crippen LogP contribution in [0.25, 0.3) is 0 Å². The Balaban J connectivity index is 0.00000208. The first kappa shape index (κ1) is 18.7. The Morgan fingerprint density at radius 2 is 1.92 bits per heavy atom. The van der Waals surface area contributed by atoms with Crippen molar-refractivity contribution < 1.29 is 9.59 Å². The van der Waals surface area contributed by atoms with Crippen molar-refractivity contribution in [1.82, 2.24) is 10.6 Å². The molecule has 0 spiro atoms. The van der Waals surface area contributed by atoms with E-state index >= 15 is 0 Å². The van der Waals surface area contributed by atoms with Gasteiger partial charge >= 0.3 is 0 Å². The lowest BCUT2D eigenvalue weighted by atomic mass is 10.0. The van der Waals surface area contributed by atoms with Gasteiger partial charge in [-0.3, -0.25) is 9.59 Å². The first-order valence-electron chi connectivity index (χ1n) is 8.45. The highest BCUT2D eigenvalue weighted by atomic mass is 35.5. The van der Waals surface area contributed by atoms with Crippen molar-refractivity contribution in [3.8, 4) is 0 Å². The lowest BCUT2D eigenvalue weighted by Crippen LogP contribution is -2.48. The number of hydrogen-bond acceptors (Lipinski definition) is 3. The zero-order chi connectivity index (χ0) is 16.4. The van der Waals surface area contributed by atoms with Crippen LogP contribution in [0.3, 0.4) is 0 Å². The molecule has 1 aromatic rings. The maximum Gasteiger partial charge on any atom is 0.239 e. The van der Waals surface area contributed by atoms with E-state index in [0.29, 0.717) is 13.0 Å². The van der Waals surface area contributed by atoms with Crippen molar-refractivity contribution in [3.05, 3.63) is 29.3 Å². The first-order chi connectivity index (χ1) is 11.0. The number of nitrogens with zero attached hydrogens (tertiary/aromatic N) is 1. The van der Waals surface area contributed by atoms with E-state index in [2.05, 4.69) is 16.7 Å². The highest BCUT2D eigenvalue weighted by molar-refractivity contribution is 6.09. The van der Waals surface area contributed by atoms with E-state index in [4.69, 9.17) is 0 Å². The largest absolute Gasteiger partial charge is 0.351 e. The maximum atomic E-state index is 12.7. The molecule has 0 saturated carbocycles. The van der Waals surface area contributed by atoms with Gasteiger partial charge in [-0.1, -0.05) is 6.07 Å². The Kier molecular flexibility index (Phi) is 6.24. The molecule has 2 amide bonds. The third-order valence-electron chi connectivity index (χ3n) is 4.68. The molecular formula is C18H26ClN3O2. The van der Waals surface area contributed by atoms with Gasteiger partial charge in [-0.25, -0.2) is 0 Å². The summed E-state index contributed by atoms with van der Waals surface area (Å²) in [6.07, 6.45) is 2.65. The van der Waals surface area contributed by atoms with Gasteiger partial charge in [0, 0.05) is 24.8 Å². The number of anilines is 1. The smallest absolute Gasteiger partial charge is 0.239 e. The van der Waals surface area contributed by atoms with Gasteiger partial charge in [0.05, 0.1) is 0 Å². The highest BCUT2D eigenvalue weighted by Gasteiger charge is 2.38. The summed E-state index contributed by atoms with van der Waals surface area (Å²) in [5.41, 5.74) is 3.17. The minimum Gasteiger partial charge on any atom is -0.351 e. The minimum atomic E-state index is -0.544. The molecule has 132 valence electrons. The number of aryl methyl sites for hydroxylation is 2. The Bertz CT molecular complexity index is 594. The van der Waals surface area contributed by atoms with E-state index in [-0.39, 0.29) is 30.3 Å². The SMILES string of the molecule is Cc1cc(C)cc(N2CCC(C(=O)N[C@H]3CCCNC3)C2=O)c1.Cl. The lowest BCUT2D eigenvalue weighted by Gasteiger charge is -2.25. The molecule has 2 heterocycles. The number of carbonyl (C=O) groups excluding carboxylic acids is 2. The van der Waals surface area contributed by atoms with Crippen LogP contribution >= 0.6 is 12.4 Å². The fraction of sp³-hybridized carbons (Fsp3) is 0.556. The van der Waals surface area contributed by atoms with E-state index in [9.17, 15) is 9.59 Å². The number of carbonyl (C=O) groups is 2. The summed E-state index contributed by atoms with van der Waals surface area (Å²) in [5, 5.41) is 6.32. The van der Waals surface area contributed by atoms with Gasteiger partial charge in [0.15, 0.2) is 0 Å². The Morgan fingerprint density at radius 1 is 1.21 bits per heavy atom. The molecule has 1 aromatic carbocycles. The normalized spacial score (nSPS) is 23.8. The van der Waals surface area contributed by atoms with Crippen LogP contribution in [0, 0.1) is 19.8 Å². The summed E-state index contributed by atoms with van der Waals surface area (Å²) in [5.74, 6) is -0.732. The van der Waals surface area contributed by atoms with Gasteiger partial charge < -0.3 is 15.5 Å². The van der Waals surface area contributed by atoms with Gasteiger partial charge in [-0.2, -0.15) is 0 Å². The van der Waals surface area contributed by atoms with Crippen LogP contribution < -0.4 is 15.5 Å². The molecule has 0 radical (unpaired) electrons. The fourth-order valence-corrected chi connectivity index (χ4v) is 3.56. The third kappa shape index (κ3) is 4.08. The summed E-state index contributed by atoms with van der Waals surface area (Å²) in [7, 11) is 0. The topological polar surface area (TPSA) is 61.4 Å². The second kappa shape index (κ2) is 7.99. The summed E-state index contributed by atoms with van der Waals surface area (Å²) < 4.78 is 0. The first-order valence-corrected chi connectivity index (χ1v) is 8.45. The van der Waals surface area contributed by atoms with Crippen LogP contribution in [0.2, 0.25) is 0 Å². The van der Waals surface area contributed by atoms with Crippen LogP contribution in [0.4, 0.5) is 5.69 Å². The fourth-order valence-electron chi connectivity index (χ4n) is 3.56. The van der Waals surface area contributed by atoms with E-state index in [0.717, 1.165) is 42.7 Å². The van der Waals surface area contributed by atoms with Crippen molar-refractivity contribution in [2.24, 2.45) is 5.92 Å². The molecule has 6 heteroatoms. The average Bonchev–Trinajstić information content (AvgIpc) is 2.89. The summed E-state index contributed by atoms with van der Waals surface area (Å²) in [6.45, 7) is 6.47. The highest BCUT2D eigenvalue weighted by Crippen LogP contribution is 2.27. The van der Waals surface area contributed by atoms with Crippen LogP contribution in [0.5, 0.6) is 0 Å². The number of benzene rings is 1. The van der Waals surface area contributed by atoms with E-state index < -0.39 is 5.92 Å². The number of hydrogen-bond donors (Lipinski definition) is 2. The third-order valence-corrected chi connectivity index (χ3v) is 4.68. The van der Waals surface area contributed by atoms with Crippen LogP contribution in [-0.4, -0.2) is 37.5 Å². The number of nitrogens with one attached hydrogen (secondary N) is 2. The van der Waals surface area contributed by atoms with E-state index in [1.165, 1.54) is 0 Å². The van der Waals surface area contributed by atoms with Crippen LogP contribution in [-0.2, 0) is 9.59 Å². The van der Waals surface area contributed by atoms with Gasteiger partial charge in [0.1, 0.15) is 5.92 Å². The monoisotopic (exact) mass is 351 g/mol. The van der Waals surface area contributed by atoms with Crippen molar-refractivity contribution in [2.45, 2.75) is 39.2 Å². The number of amides is 2. The second-order valence-corrected chi connectivity index (χ2v) is 6.73. The van der Waals surface area contributed by atoms with Gasteiger partial charge in [0.2, 0.25) is 11.8 Å². The van der Waals surface area contributed by atoms with Crippen molar-refractivity contribution in [3.63, 3.8) is 0 Å². The second-order valence-electron chi connectivity index (χ2n) is 6.73. The predicted molar refractivity (Wildman–Crippen MR) is 97.7 cm³/mol. The molecule has 3 rings (SSSR count). The minimum absolute atomic E-state index is 0. The van der Waals surface area contributed by atoms with Gasteiger partial charge in [-0.05, 0) is 62.9 Å². The molecule has 2 saturated heterocycles. The molecule has 5 nitrogen and oxygen atoms in total. The number of piperidine rings is 1. The quantitative estimate of drug-likeness (QED) is 0.818. The Morgan fingerprint density at radius 3 is 2.54 bits per heavy atom. The molecule has 24 heavy (non-hydrogen) atoms. The molecule has 2 atom stereocenters. The van der Waals surface area contributed by atoms with Crippen LogP contribution in [0.15, 0.2) is 18.2 Å². The molecule has 2 N–H and O–H groups in total. The zero-order valence-corrected chi connectivity index (χ0v) is 15.1. The van der Waals surface area contributed by atoms with E-state index in [1.807, 2.05) is 26.0 Å². The number of rotatable bonds is 3. The number of halogens is 1. The Hall–Kier alpha value is -1.59. The molecule has 2 aliphatic heterocycles.